The number of aliphatic hydroxyl groups excluding tert-OH is 1. The maximum Gasteiger partial charge on any atom is 0.357 e. The third-order valence-electron chi connectivity index (χ3n) is 3.49. The van der Waals surface area contributed by atoms with Crippen molar-refractivity contribution in [1.29, 1.82) is 5.26 Å². The van der Waals surface area contributed by atoms with Gasteiger partial charge in [0.15, 0.2) is 5.69 Å². The van der Waals surface area contributed by atoms with Crippen molar-refractivity contribution in [3.8, 4) is 17.5 Å². The van der Waals surface area contributed by atoms with Crippen molar-refractivity contribution in [2.24, 2.45) is 0 Å². The van der Waals surface area contributed by atoms with Gasteiger partial charge in [-0.2, -0.15) is 5.26 Å². The zero-order valence-corrected chi connectivity index (χ0v) is 13.0. The van der Waals surface area contributed by atoms with Crippen LogP contribution in [0.2, 0.25) is 0 Å². The summed E-state index contributed by atoms with van der Waals surface area (Å²) in [7, 11) is 2.71. The summed E-state index contributed by atoms with van der Waals surface area (Å²) >= 11 is 0. The molecule has 1 unspecified atom stereocenters. The summed E-state index contributed by atoms with van der Waals surface area (Å²) in [6.45, 7) is 1.63. The van der Waals surface area contributed by atoms with Crippen LogP contribution in [0.1, 0.15) is 34.6 Å². The minimum absolute atomic E-state index is 0.0426. The van der Waals surface area contributed by atoms with Crippen molar-refractivity contribution in [2.75, 3.05) is 20.0 Å². The molecule has 120 valence electrons. The van der Waals surface area contributed by atoms with Crippen LogP contribution in [0.4, 0.5) is 5.69 Å². The molecule has 0 bridgehead atoms. The van der Waals surface area contributed by atoms with E-state index in [2.05, 4.69) is 0 Å². The first-order valence-corrected chi connectivity index (χ1v) is 6.80. The second kappa shape index (κ2) is 6.42. The summed E-state index contributed by atoms with van der Waals surface area (Å²) in [5.41, 5.74) is 7.29. The third-order valence-corrected chi connectivity index (χ3v) is 3.49. The van der Waals surface area contributed by atoms with Gasteiger partial charge in [0, 0.05) is 6.20 Å². The molecule has 1 aromatic carbocycles. The van der Waals surface area contributed by atoms with Crippen LogP contribution in [-0.2, 0) is 4.74 Å². The number of nitrogens with zero attached hydrogens (tertiary/aromatic N) is 2. The number of benzene rings is 1. The molecule has 2 aromatic rings. The first-order valence-electron chi connectivity index (χ1n) is 6.80. The van der Waals surface area contributed by atoms with Gasteiger partial charge in [0.2, 0.25) is 0 Å². The lowest BCUT2D eigenvalue weighted by atomic mass is 10.1. The normalized spacial score (nSPS) is 11.6. The predicted octanol–water partition coefficient (Wildman–Crippen LogP) is 1.78. The first kappa shape index (κ1) is 16.4. The number of methoxy groups -OCH3 is 2. The number of carbonyl (C=O) groups is 1. The minimum Gasteiger partial charge on any atom is -0.495 e. The van der Waals surface area contributed by atoms with Crippen LogP contribution in [0, 0.1) is 11.3 Å². The summed E-state index contributed by atoms with van der Waals surface area (Å²) < 4.78 is 11.5. The molecule has 1 heterocycles. The number of hydrogen-bond donors (Lipinski definition) is 2. The fourth-order valence-corrected chi connectivity index (χ4v) is 2.26. The topological polar surface area (TPSA) is 110 Å². The molecule has 0 fully saturated rings. The second-order valence-corrected chi connectivity index (χ2v) is 4.89. The van der Waals surface area contributed by atoms with Crippen molar-refractivity contribution in [3.63, 3.8) is 0 Å². The molecular weight excluding hydrogens is 298 g/mol. The van der Waals surface area contributed by atoms with Crippen molar-refractivity contribution in [1.82, 2.24) is 4.57 Å². The van der Waals surface area contributed by atoms with Gasteiger partial charge in [0.25, 0.3) is 0 Å². The molecular formula is C16H17N3O4. The number of hydrogen-bond acceptors (Lipinski definition) is 6. The molecule has 7 heteroatoms. The highest BCUT2D eigenvalue weighted by Crippen LogP contribution is 2.31. The average molecular weight is 315 g/mol. The Morgan fingerprint density at radius 3 is 2.65 bits per heavy atom. The number of anilines is 1. The predicted molar refractivity (Wildman–Crippen MR) is 83.4 cm³/mol. The lowest BCUT2D eigenvalue weighted by Crippen LogP contribution is -2.12. The van der Waals surface area contributed by atoms with Crippen LogP contribution in [0.3, 0.4) is 0 Å². The van der Waals surface area contributed by atoms with Crippen molar-refractivity contribution >= 4 is 11.7 Å². The number of esters is 1. The quantitative estimate of drug-likeness (QED) is 0.832. The van der Waals surface area contributed by atoms with Gasteiger partial charge in [-0.05, 0) is 24.6 Å². The second-order valence-electron chi connectivity index (χ2n) is 4.89. The summed E-state index contributed by atoms with van der Waals surface area (Å²) in [6.07, 6.45) is 0.782. The minimum atomic E-state index is -0.664. The Bertz CT molecular complexity index is 787. The maximum absolute atomic E-state index is 12.0. The Labute approximate surface area is 133 Å². The van der Waals surface area contributed by atoms with Gasteiger partial charge >= 0.3 is 5.97 Å². The zero-order valence-electron chi connectivity index (χ0n) is 13.0. The molecule has 0 aliphatic rings. The van der Waals surface area contributed by atoms with E-state index in [-0.39, 0.29) is 16.9 Å². The highest BCUT2D eigenvalue weighted by molar-refractivity contribution is 5.96. The SMILES string of the molecule is COC(=O)c1c(N)c(C#N)cn1-c1ccc(C(C)O)cc1OC. The molecule has 1 atom stereocenters. The van der Waals surface area contributed by atoms with Gasteiger partial charge in [-0.1, -0.05) is 6.07 Å². The molecule has 0 aliphatic carbocycles. The van der Waals surface area contributed by atoms with E-state index in [0.29, 0.717) is 17.0 Å². The number of ether oxygens (including phenoxy) is 2. The fourth-order valence-electron chi connectivity index (χ4n) is 2.26. The van der Waals surface area contributed by atoms with Crippen molar-refractivity contribution in [2.45, 2.75) is 13.0 Å². The summed E-state index contributed by atoms with van der Waals surface area (Å²) in [4.78, 5) is 12.0. The molecule has 0 radical (unpaired) electrons. The van der Waals surface area contributed by atoms with E-state index in [0.717, 1.165) is 0 Å². The van der Waals surface area contributed by atoms with Gasteiger partial charge in [0.05, 0.1) is 37.3 Å². The molecule has 0 saturated heterocycles. The smallest absolute Gasteiger partial charge is 0.357 e. The maximum atomic E-state index is 12.0. The standard InChI is InChI=1S/C16H17N3O4/c1-9(20)10-4-5-12(13(6-10)22-2)19-8-11(7-17)14(18)15(19)16(21)23-3/h4-6,8-9,20H,18H2,1-3H3. The Kier molecular flexibility index (Phi) is 4.57. The van der Waals surface area contributed by atoms with Crippen LogP contribution in [0.25, 0.3) is 5.69 Å². The molecule has 3 N–H and O–H groups in total. The van der Waals surface area contributed by atoms with Gasteiger partial charge < -0.3 is 24.9 Å². The molecule has 7 nitrogen and oxygen atoms in total. The molecule has 0 amide bonds. The average Bonchev–Trinajstić information content (AvgIpc) is 2.89. The van der Waals surface area contributed by atoms with Crippen LogP contribution < -0.4 is 10.5 Å². The first-order chi connectivity index (χ1) is 10.9. The van der Waals surface area contributed by atoms with E-state index in [1.807, 2.05) is 6.07 Å². The highest BCUT2D eigenvalue weighted by Gasteiger charge is 2.23. The van der Waals surface area contributed by atoms with Crippen molar-refractivity contribution in [3.05, 3.63) is 41.2 Å². The number of nitriles is 1. The molecule has 0 saturated carbocycles. The fraction of sp³-hybridized carbons (Fsp3) is 0.250. The van der Waals surface area contributed by atoms with Crippen LogP contribution in [0.15, 0.2) is 24.4 Å². The van der Waals surface area contributed by atoms with Crippen LogP contribution in [-0.4, -0.2) is 29.9 Å². The number of nitrogen functional groups attached to an aromatic ring is 1. The Morgan fingerprint density at radius 1 is 1.43 bits per heavy atom. The summed E-state index contributed by atoms with van der Waals surface area (Å²) in [6, 6.07) is 6.97. The monoisotopic (exact) mass is 315 g/mol. The van der Waals surface area contributed by atoms with Crippen LogP contribution >= 0.6 is 0 Å². The highest BCUT2D eigenvalue weighted by atomic mass is 16.5. The molecule has 1 aromatic heterocycles. The van der Waals surface area contributed by atoms with Crippen LogP contribution in [0.5, 0.6) is 5.75 Å². The van der Waals surface area contributed by atoms with E-state index < -0.39 is 12.1 Å². The summed E-state index contributed by atoms with van der Waals surface area (Å²) in [5.74, 6) is -0.237. The van der Waals surface area contributed by atoms with Gasteiger partial charge in [0.1, 0.15) is 11.8 Å². The number of aliphatic hydroxyl groups is 1. The third kappa shape index (κ3) is 2.84. The van der Waals surface area contributed by atoms with E-state index in [1.165, 1.54) is 25.0 Å². The van der Waals surface area contributed by atoms with E-state index in [1.54, 1.807) is 25.1 Å². The molecule has 0 aliphatic heterocycles. The summed E-state index contributed by atoms with van der Waals surface area (Å²) in [5, 5.41) is 18.8. The van der Waals surface area contributed by atoms with E-state index in [9.17, 15) is 9.90 Å². The molecule has 2 rings (SSSR count). The van der Waals surface area contributed by atoms with Gasteiger partial charge in [-0.3, -0.25) is 0 Å². The number of rotatable bonds is 4. The van der Waals surface area contributed by atoms with Gasteiger partial charge in [-0.25, -0.2) is 4.79 Å². The van der Waals surface area contributed by atoms with E-state index >= 15 is 0 Å². The Morgan fingerprint density at radius 2 is 2.13 bits per heavy atom. The molecule has 23 heavy (non-hydrogen) atoms. The van der Waals surface area contributed by atoms with E-state index in [4.69, 9.17) is 20.5 Å². The zero-order chi connectivity index (χ0) is 17.1. The number of aromatic nitrogens is 1. The lowest BCUT2D eigenvalue weighted by molar-refractivity contribution is 0.0593. The number of carbonyl (C=O) groups excluding carboxylic acids is 1. The Hall–Kier alpha value is -2.98. The lowest BCUT2D eigenvalue weighted by Gasteiger charge is -2.15. The van der Waals surface area contributed by atoms with Gasteiger partial charge in [-0.15, -0.1) is 0 Å². The molecule has 0 spiro atoms. The van der Waals surface area contributed by atoms with Crippen molar-refractivity contribution < 1.29 is 19.4 Å². The number of nitrogens with two attached hydrogens (primary N) is 1. The Balaban J connectivity index is 2.72. The largest absolute Gasteiger partial charge is 0.495 e.